The van der Waals surface area contributed by atoms with Gasteiger partial charge in [0.2, 0.25) is 0 Å². The Balaban J connectivity index is 3.85. The summed E-state index contributed by atoms with van der Waals surface area (Å²) in [7, 11) is 0. The Bertz CT molecular complexity index is 170. The van der Waals surface area contributed by atoms with E-state index >= 15 is 0 Å². The van der Waals surface area contributed by atoms with E-state index in [4.69, 9.17) is 0 Å². The number of hydrogen-bond acceptors (Lipinski definition) is 0. The molecule has 0 nitrogen and oxygen atoms in total. The molecule has 0 aliphatic heterocycles. The van der Waals surface area contributed by atoms with Crippen molar-refractivity contribution in [1.82, 2.24) is 0 Å². The van der Waals surface area contributed by atoms with Gasteiger partial charge in [0.25, 0.3) is 0 Å². The molecule has 0 unspecified atom stereocenters. The minimum Gasteiger partial charge on any atom is -0.0885 e. The second kappa shape index (κ2) is 8.32. The maximum atomic E-state index is 2.28. The van der Waals surface area contributed by atoms with E-state index in [0.29, 0.717) is 0 Å². The quantitative estimate of drug-likeness (QED) is 0.421. The van der Waals surface area contributed by atoms with Crippen LogP contribution in [0.3, 0.4) is 0 Å². The first-order valence-corrected chi connectivity index (χ1v) is 4.81. The molecule has 12 heavy (non-hydrogen) atoms. The zero-order valence-corrected chi connectivity index (χ0v) is 8.51. The van der Waals surface area contributed by atoms with Crippen LogP contribution < -0.4 is 0 Å². The fourth-order valence-electron chi connectivity index (χ4n) is 1.03. The predicted octanol–water partition coefficient (Wildman–Crippen LogP) is 4.26. The summed E-state index contributed by atoms with van der Waals surface area (Å²) >= 11 is 0. The smallest absolute Gasteiger partial charge is 0.0163 e. The van der Waals surface area contributed by atoms with Gasteiger partial charge in [-0.1, -0.05) is 49.8 Å². The fourth-order valence-corrected chi connectivity index (χ4v) is 1.03. The molecule has 0 bridgehead atoms. The summed E-state index contributed by atoms with van der Waals surface area (Å²) in [4.78, 5) is 0. The largest absolute Gasteiger partial charge is 0.0885 e. The van der Waals surface area contributed by atoms with Crippen LogP contribution in [-0.4, -0.2) is 0 Å². The lowest BCUT2D eigenvalue weighted by Gasteiger charge is -1.94. The van der Waals surface area contributed by atoms with Crippen molar-refractivity contribution in [3.05, 3.63) is 36.0 Å². The van der Waals surface area contributed by atoms with Crippen LogP contribution in [0.4, 0.5) is 0 Å². The number of rotatable bonds is 5. The van der Waals surface area contributed by atoms with Crippen molar-refractivity contribution in [2.45, 2.75) is 40.0 Å². The molecule has 0 atom stereocenters. The highest BCUT2D eigenvalue weighted by Crippen LogP contribution is 2.04. The van der Waals surface area contributed by atoms with Crippen molar-refractivity contribution in [2.24, 2.45) is 0 Å². The van der Waals surface area contributed by atoms with E-state index in [1.165, 1.54) is 5.57 Å². The van der Waals surface area contributed by atoms with Crippen molar-refractivity contribution in [3.8, 4) is 0 Å². The summed E-state index contributed by atoms with van der Waals surface area (Å²) in [5.74, 6) is 0. The Morgan fingerprint density at radius 3 is 2.42 bits per heavy atom. The first-order chi connectivity index (χ1) is 5.85. The highest BCUT2D eigenvalue weighted by atomic mass is 13.9. The third-order valence-electron chi connectivity index (χ3n) is 1.71. The molecule has 0 saturated carbocycles. The molecule has 0 amide bonds. The molecule has 68 valence electrons. The van der Waals surface area contributed by atoms with Crippen LogP contribution in [-0.2, 0) is 0 Å². The Morgan fingerprint density at radius 1 is 1.17 bits per heavy atom. The van der Waals surface area contributed by atoms with E-state index in [2.05, 4.69) is 51.2 Å². The van der Waals surface area contributed by atoms with Crippen molar-refractivity contribution >= 4 is 0 Å². The summed E-state index contributed by atoms with van der Waals surface area (Å²) in [5.41, 5.74) is 1.43. The van der Waals surface area contributed by atoms with Crippen LogP contribution in [0.15, 0.2) is 36.0 Å². The lowest BCUT2D eigenvalue weighted by molar-refractivity contribution is 1.12. The molecule has 0 aromatic heterocycles. The van der Waals surface area contributed by atoms with Gasteiger partial charge in [-0.05, 0) is 26.2 Å². The second-order valence-corrected chi connectivity index (χ2v) is 2.75. The maximum absolute atomic E-state index is 2.28. The Hall–Kier alpha value is -0.780. The van der Waals surface area contributed by atoms with Gasteiger partial charge in [0.05, 0.1) is 0 Å². The van der Waals surface area contributed by atoms with Crippen LogP contribution in [0.25, 0.3) is 0 Å². The summed E-state index contributed by atoms with van der Waals surface area (Å²) in [6.07, 6.45) is 14.3. The summed E-state index contributed by atoms with van der Waals surface area (Å²) in [6, 6.07) is 0. The maximum Gasteiger partial charge on any atom is -0.0163 e. The van der Waals surface area contributed by atoms with Gasteiger partial charge in [0, 0.05) is 0 Å². The van der Waals surface area contributed by atoms with Gasteiger partial charge in [0.1, 0.15) is 0 Å². The molecule has 0 radical (unpaired) electrons. The van der Waals surface area contributed by atoms with E-state index < -0.39 is 0 Å². The normalized spacial score (nSPS) is 13.4. The van der Waals surface area contributed by atoms with Crippen LogP contribution in [0.2, 0.25) is 0 Å². The molecular weight excluding hydrogens is 144 g/mol. The van der Waals surface area contributed by atoms with Gasteiger partial charge in [-0.25, -0.2) is 0 Å². The van der Waals surface area contributed by atoms with E-state index in [1.54, 1.807) is 0 Å². The van der Waals surface area contributed by atoms with Gasteiger partial charge in [-0.15, -0.1) is 0 Å². The van der Waals surface area contributed by atoms with Crippen molar-refractivity contribution < 1.29 is 0 Å². The van der Waals surface area contributed by atoms with E-state index in [1.807, 2.05) is 0 Å². The first kappa shape index (κ1) is 11.2. The highest BCUT2D eigenvalue weighted by molar-refractivity contribution is 5.18. The van der Waals surface area contributed by atoms with Crippen LogP contribution in [0.5, 0.6) is 0 Å². The predicted molar refractivity (Wildman–Crippen MR) is 57.2 cm³/mol. The van der Waals surface area contributed by atoms with Crippen molar-refractivity contribution in [1.29, 1.82) is 0 Å². The Morgan fingerprint density at radius 2 is 1.92 bits per heavy atom. The molecule has 0 aromatic carbocycles. The SMILES string of the molecule is C/C=C\C(=CC/C=C/CC)CC. The second-order valence-electron chi connectivity index (χ2n) is 2.75. The molecule has 0 saturated heterocycles. The molecule has 0 aliphatic carbocycles. The van der Waals surface area contributed by atoms with Gasteiger partial charge < -0.3 is 0 Å². The van der Waals surface area contributed by atoms with E-state index in [9.17, 15) is 0 Å². The standard InChI is InChI=1S/C12H20/c1-4-7-8-9-11-12(6-3)10-5-2/h5,7-8,10-11H,4,6,9H2,1-3H3/b8-7+,10-5-,12-11?. The zero-order chi connectivity index (χ0) is 9.23. The van der Waals surface area contributed by atoms with Gasteiger partial charge in [0.15, 0.2) is 0 Å². The molecule has 0 heteroatoms. The average molecular weight is 164 g/mol. The van der Waals surface area contributed by atoms with Crippen molar-refractivity contribution in [2.75, 3.05) is 0 Å². The topological polar surface area (TPSA) is 0 Å². The minimum absolute atomic E-state index is 1.07. The Kier molecular flexibility index (Phi) is 7.78. The van der Waals surface area contributed by atoms with Crippen LogP contribution in [0, 0.1) is 0 Å². The van der Waals surface area contributed by atoms with E-state index in [-0.39, 0.29) is 0 Å². The third kappa shape index (κ3) is 5.96. The molecular formula is C12H20. The molecule has 0 fully saturated rings. The number of hydrogen-bond donors (Lipinski definition) is 0. The molecule has 0 aliphatic rings. The van der Waals surface area contributed by atoms with Crippen LogP contribution in [0.1, 0.15) is 40.0 Å². The Labute approximate surface area is 76.7 Å². The zero-order valence-electron chi connectivity index (χ0n) is 8.51. The summed E-state index contributed by atoms with van der Waals surface area (Å²) in [6.45, 7) is 6.41. The molecule has 0 spiro atoms. The minimum atomic E-state index is 1.07. The molecule has 0 aromatic rings. The van der Waals surface area contributed by atoms with Crippen molar-refractivity contribution in [3.63, 3.8) is 0 Å². The molecule has 0 heterocycles. The van der Waals surface area contributed by atoms with Gasteiger partial charge in [-0.3, -0.25) is 0 Å². The first-order valence-electron chi connectivity index (χ1n) is 4.81. The lowest BCUT2D eigenvalue weighted by Crippen LogP contribution is -1.73. The molecule has 0 N–H and O–H groups in total. The molecule has 0 rings (SSSR count). The number of allylic oxidation sites excluding steroid dienone is 6. The fraction of sp³-hybridized carbons (Fsp3) is 0.500. The van der Waals surface area contributed by atoms with Crippen LogP contribution >= 0.6 is 0 Å². The monoisotopic (exact) mass is 164 g/mol. The van der Waals surface area contributed by atoms with E-state index in [0.717, 1.165) is 19.3 Å². The third-order valence-corrected chi connectivity index (χ3v) is 1.71. The highest BCUT2D eigenvalue weighted by Gasteiger charge is 1.83. The van der Waals surface area contributed by atoms with Gasteiger partial charge >= 0.3 is 0 Å². The lowest BCUT2D eigenvalue weighted by atomic mass is 10.1. The summed E-state index contributed by atoms with van der Waals surface area (Å²) < 4.78 is 0. The average Bonchev–Trinajstić information content (AvgIpc) is 2.10. The summed E-state index contributed by atoms with van der Waals surface area (Å²) in [5, 5.41) is 0. The van der Waals surface area contributed by atoms with Gasteiger partial charge in [-0.2, -0.15) is 0 Å².